The number of aryl methyl sites for hydroxylation is 2. The van der Waals surface area contributed by atoms with Crippen molar-refractivity contribution in [3.63, 3.8) is 0 Å². The Morgan fingerprint density at radius 2 is 1.72 bits per heavy atom. The van der Waals surface area contributed by atoms with Gasteiger partial charge in [0.1, 0.15) is 5.82 Å². The Kier molecular flexibility index (Phi) is 8.98. The summed E-state index contributed by atoms with van der Waals surface area (Å²) in [6, 6.07) is 21.0. The second kappa shape index (κ2) is 12.6. The van der Waals surface area contributed by atoms with Gasteiger partial charge in [-0.25, -0.2) is 0 Å². The van der Waals surface area contributed by atoms with Gasteiger partial charge in [0.2, 0.25) is 0 Å². The van der Waals surface area contributed by atoms with Crippen molar-refractivity contribution in [3.8, 4) is 40.0 Å². The van der Waals surface area contributed by atoms with Gasteiger partial charge < -0.3 is 23.4 Å². The van der Waals surface area contributed by atoms with Crippen molar-refractivity contribution in [1.82, 2.24) is 39.3 Å². The fourth-order valence-electron chi connectivity index (χ4n) is 4.20. The molecular formula is C28H26IrN8O2-2. The van der Waals surface area contributed by atoms with Crippen LogP contribution >= 0.6 is 0 Å². The molecule has 4 heterocycles. The van der Waals surface area contributed by atoms with Crippen LogP contribution in [0, 0.1) is 19.2 Å². The van der Waals surface area contributed by atoms with Crippen LogP contribution in [0.5, 0.6) is 0 Å². The molecule has 0 aliphatic rings. The van der Waals surface area contributed by atoms with Crippen LogP contribution in [0.2, 0.25) is 0 Å². The van der Waals surface area contributed by atoms with E-state index >= 15 is 0 Å². The van der Waals surface area contributed by atoms with E-state index < -0.39 is 0 Å². The van der Waals surface area contributed by atoms with Crippen molar-refractivity contribution in [2.75, 3.05) is 7.11 Å². The van der Waals surface area contributed by atoms with E-state index in [0.29, 0.717) is 18.0 Å². The minimum absolute atomic E-state index is 0. The van der Waals surface area contributed by atoms with Crippen molar-refractivity contribution in [2.24, 2.45) is 14.1 Å². The molecule has 0 bridgehead atoms. The molecule has 4 aromatic heterocycles. The summed E-state index contributed by atoms with van der Waals surface area (Å²) in [4.78, 5) is 4.34. The molecule has 2 aromatic carbocycles. The molecule has 0 saturated heterocycles. The molecule has 0 atom stereocenters. The van der Waals surface area contributed by atoms with Gasteiger partial charge in [-0.2, -0.15) is 15.4 Å². The predicted molar refractivity (Wildman–Crippen MR) is 141 cm³/mol. The molecule has 6 aromatic rings. The van der Waals surface area contributed by atoms with Crippen LogP contribution in [0.4, 0.5) is 0 Å². The first-order valence-electron chi connectivity index (χ1n) is 11.9. The molecule has 0 spiro atoms. The summed E-state index contributed by atoms with van der Waals surface area (Å²) in [5.74, 6) is 3.30. The molecular weight excluding hydrogens is 673 g/mol. The zero-order valence-corrected chi connectivity index (χ0v) is 24.3. The Labute approximate surface area is 239 Å². The van der Waals surface area contributed by atoms with Crippen LogP contribution in [0.25, 0.3) is 40.0 Å². The number of rotatable bonds is 6. The molecule has 11 heteroatoms. The molecule has 6 rings (SSSR count). The second-order valence-electron chi connectivity index (χ2n) is 8.45. The summed E-state index contributed by atoms with van der Waals surface area (Å²) in [5.41, 5.74) is 4.66. The molecule has 39 heavy (non-hydrogen) atoms. The average Bonchev–Trinajstić information content (AvgIpc) is 3.74. The molecule has 0 saturated carbocycles. The summed E-state index contributed by atoms with van der Waals surface area (Å²) in [6.45, 7) is 2.44. The molecule has 0 fully saturated rings. The van der Waals surface area contributed by atoms with E-state index in [4.69, 9.17) is 9.26 Å². The van der Waals surface area contributed by atoms with Crippen LogP contribution < -0.4 is 0 Å². The number of ether oxygens (including phenoxy) is 1. The van der Waals surface area contributed by atoms with Gasteiger partial charge in [-0.05, 0) is 13.1 Å². The van der Waals surface area contributed by atoms with Crippen molar-refractivity contribution in [3.05, 3.63) is 96.8 Å². The summed E-state index contributed by atoms with van der Waals surface area (Å²) in [5, 5.41) is 16.5. The third-order valence-corrected chi connectivity index (χ3v) is 5.96. The van der Waals surface area contributed by atoms with Gasteiger partial charge in [-0.3, -0.25) is 4.68 Å². The van der Waals surface area contributed by atoms with E-state index in [1.807, 2.05) is 95.6 Å². The third-order valence-electron chi connectivity index (χ3n) is 5.96. The number of hydrogen-bond acceptors (Lipinski definition) is 7. The van der Waals surface area contributed by atoms with E-state index in [2.05, 4.69) is 37.7 Å². The molecule has 10 nitrogen and oxygen atoms in total. The predicted octanol–water partition coefficient (Wildman–Crippen LogP) is 4.46. The minimum Gasteiger partial charge on any atom is -0.438 e. The normalized spacial score (nSPS) is 10.6. The molecule has 0 aliphatic heterocycles. The molecule has 0 amide bonds. The van der Waals surface area contributed by atoms with Gasteiger partial charge in [0.15, 0.2) is 5.82 Å². The summed E-state index contributed by atoms with van der Waals surface area (Å²) >= 11 is 0. The van der Waals surface area contributed by atoms with E-state index in [9.17, 15) is 0 Å². The fourth-order valence-corrected chi connectivity index (χ4v) is 4.20. The van der Waals surface area contributed by atoms with Crippen molar-refractivity contribution in [2.45, 2.75) is 13.5 Å². The van der Waals surface area contributed by atoms with Gasteiger partial charge >= 0.3 is 0 Å². The van der Waals surface area contributed by atoms with Crippen molar-refractivity contribution >= 4 is 0 Å². The quantitative estimate of drug-likeness (QED) is 0.237. The van der Waals surface area contributed by atoms with Gasteiger partial charge in [0.05, 0.1) is 18.1 Å². The molecule has 1 radical (unpaired) electrons. The maximum Gasteiger partial charge on any atom is 0.154 e. The maximum absolute atomic E-state index is 5.27. The Morgan fingerprint density at radius 1 is 0.949 bits per heavy atom. The second-order valence-corrected chi connectivity index (χ2v) is 8.45. The SMILES string of the molecule is COCc1c(C)nn(C)c1-n1ccnc1-c1[c-]noc1.Cn1c(-c2[c-]cccc2)nnc1-c1ccccc1.[Ir]. The molecule has 201 valence electrons. The standard InChI is InChI=1S/C15H12N3.C13H14N5O2.Ir/c1-18-14(12-8-4-2-5-9-12)16-17-15(18)13-10-6-3-7-11-13;1-9-11(8-19-3)13(17(2)16-9)18-5-4-14-12(18)10-6-15-20-7-10;/h2-10H,1H3;4-5,7H,8H2,1-3H3;/q2*-1;. The van der Waals surface area contributed by atoms with Crippen LogP contribution in [0.1, 0.15) is 11.3 Å². The zero-order chi connectivity index (χ0) is 26.5. The summed E-state index contributed by atoms with van der Waals surface area (Å²) in [7, 11) is 5.53. The van der Waals surface area contributed by atoms with Crippen LogP contribution in [0.15, 0.2) is 77.8 Å². The number of benzene rings is 2. The van der Waals surface area contributed by atoms with Gasteiger partial charge in [0, 0.05) is 76.9 Å². The molecule has 0 unspecified atom stereocenters. The largest absolute Gasteiger partial charge is 0.438 e. The monoisotopic (exact) mass is 699 g/mol. The summed E-state index contributed by atoms with van der Waals surface area (Å²) in [6.07, 6.45) is 7.86. The first-order valence-corrected chi connectivity index (χ1v) is 11.9. The Morgan fingerprint density at radius 3 is 2.41 bits per heavy atom. The number of aromatic nitrogens is 8. The van der Waals surface area contributed by atoms with Crippen molar-refractivity contribution < 1.29 is 29.4 Å². The molecule has 0 aliphatic carbocycles. The molecule has 0 N–H and O–H groups in total. The van der Waals surface area contributed by atoms with Crippen LogP contribution in [-0.4, -0.2) is 46.4 Å². The van der Waals surface area contributed by atoms with Crippen molar-refractivity contribution in [1.29, 1.82) is 0 Å². The summed E-state index contributed by atoms with van der Waals surface area (Å²) < 4.78 is 15.8. The fraction of sp³-hybridized carbons (Fsp3) is 0.179. The maximum atomic E-state index is 5.27. The van der Waals surface area contributed by atoms with Crippen LogP contribution in [-0.2, 0) is 45.5 Å². The van der Waals surface area contributed by atoms with E-state index in [0.717, 1.165) is 39.9 Å². The number of hydrogen-bond donors (Lipinski definition) is 0. The first-order chi connectivity index (χ1) is 18.6. The van der Waals surface area contributed by atoms with Gasteiger partial charge in [0.25, 0.3) is 0 Å². The van der Waals surface area contributed by atoms with Gasteiger partial charge in [-0.1, -0.05) is 35.9 Å². The minimum atomic E-state index is 0. The Bertz CT molecular complexity index is 1550. The topological polar surface area (TPSA) is 102 Å². The smallest absolute Gasteiger partial charge is 0.154 e. The number of methoxy groups -OCH3 is 1. The van der Waals surface area contributed by atoms with E-state index in [-0.39, 0.29) is 20.1 Å². The van der Waals surface area contributed by atoms with Crippen LogP contribution in [0.3, 0.4) is 0 Å². The Balaban J connectivity index is 0.000000177. The van der Waals surface area contributed by atoms with Gasteiger partial charge in [-0.15, -0.1) is 41.0 Å². The number of nitrogens with zero attached hydrogens (tertiary/aromatic N) is 8. The average molecular weight is 699 g/mol. The Hall–Kier alpha value is -4.18. The first kappa shape index (κ1) is 27.8. The van der Waals surface area contributed by atoms with E-state index in [1.165, 1.54) is 6.26 Å². The zero-order valence-electron chi connectivity index (χ0n) is 21.9. The number of imidazole rings is 1. The third kappa shape index (κ3) is 5.80. The van der Waals surface area contributed by atoms with E-state index in [1.54, 1.807) is 13.3 Å².